The maximum atomic E-state index is 9.19. The molecule has 2 rings (SSSR count). The van der Waals surface area contributed by atoms with E-state index in [9.17, 15) is 5.11 Å². The standard InChI is InChI=1S/C14H14O2/c15-10-9-11-1-3-12(4-2-11)13-5-7-14(16)8-6-13/h1-8,15-16H,9-10H2. The van der Waals surface area contributed by atoms with Gasteiger partial charge in [-0.2, -0.15) is 0 Å². The van der Waals surface area contributed by atoms with Crippen molar-refractivity contribution in [2.45, 2.75) is 6.42 Å². The molecule has 0 atom stereocenters. The Morgan fingerprint density at radius 1 is 0.750 bits per heavy atom. The second kappa shape index (κ2) is 4.81. The van der Waals surface area contributed by atoms with Crippen molar-refractivity contribution in [1.82, 2.24) is 0 Å². The van der Waals surface area contributed by atoms with Gasteiger partial charge in [0.05, 0.1) is 0 Å². The van der Waals surface area contributed by atoms with Crippen molar-refractivity contribution < 1.29 is 10.2 Å². The molecular weight excluding hydrogens is 200 g/mol. The van der Waals surface area contributed by atoms with Crippen molar-refractivity contribution in [3.8, 4) is 16.9 Å². The van der Waals surface area contributed by atoms with Crippen molar-refractivity contribution in [1.29, 1.82) is 0 Å². The molecule has 0 amide bonds. The Morgan fingerprint density at radius 3 is 1.75 bits per heavy atom. The van der Waals surface area contributed by atoms with Gasteiger partial charge in [-0.15, -0.1) is 0 Å². The average Bonchev–Trinajstić information content (AvgIpc) is 2.32. The molecular formula is C14H14O2. The van der Waals surface area contributed by atoms with E-state index in [-0.39, 0.29) is 12.4 Å². The molecule has 2 heteroatoms. The van der Waals surface area contributed by atoms with Crippen molar-refractivity contribution in [2.24, 2.45) is 0 Å². The molecule has 0 heterocycles. The number of aliphatic hydroxyl groups excluding tert-OH is 1. The Morgan fingerprint density at radius 2 is 1.25 bits per heavy atom. The Bertz CT molecular complexity index is 443. The summed E-state index contributed by atoms with van der Waals surface area (Å²) in [6.07, 6.45) is 0.690. The van der Waals surface area contributed by atoms with E-state index in [1.165, 1.54) is 0 Å². The minimum atomic E-state index is 0.179. The second-order valence-electron chi connectivity index (χ2n) is 3.72. The Hall–Kier alpha value is -1.80. The first-order valence-electron chi connectivity index (χ1n) is 5.29. The normalized spacial score (nSPS) is 10.3. The van der Waals surface area contributed by atoms with Crippen LogP contribution < -0.4 is 0 Å². The molecule has 0 unspecified atom stereocenters. The highest BCUT2D eigenvalue weighted by molar-refractivity contribution is 5.64. The lowest BCUT2D eigenvalue weighted by Crippen LogP contribution is -1.89. The van der Waals surface area contributed by atoms with Crippen LogP contribution in [0.2, 0.25) is 0 Å². The quantitative estimate of drug-likeness (QED) is 0.824. The Balaban J connectivity index is 2.24. The molecule has 2 aromatic carbocycles. The van der Waals surface area contributed by atoms with Crippen molar-refractivity contribution in [3.05, 3.63) is 54.1 Å². The second-order valence-corrected chi connectivity index (χ2v) is 3.72. The number of hydrogen-bond donors (Lipinski definition) is 2. The molecule has 0 radical (unpaired) electrons. The number of phenolic OH excluding ortho intramolecular Hbond substituents is 1. The molecule has 82 valence electrons. The van der Waals surface area contributed by atoms with Gasteiger partial charge in [-0.1, -0.05) is 36.4 Å². The van der Waals surface area contributed by atoms with E-state index in [1.54, 1.807) is 12.1 Å². The summed E-state index contributed by atoms with van der Waals surface area (Å²) < 4.78 is 0. The first kappa shape index (κ1) is 10.7. The van der Waals surface area contributed by atoms with Gasteiger partial charge in [0, 0.05) is 6.61 Å². The lowest BCUT2D eigenvalue weighted by molar-refractivity contribution is 0.299. The van der Waals surface area contributed by atoms with E-state index in [4.69, 9.17) is 5.11 Å². The van der Waals surface area contributed by atoms with Crippen LogP contribution in [-0.4, -0.2) is 16.8 Å². The summed E-state index contributed by atoms with van der Waals surface area (Å²) in [6, 6.07) is 15.2. The van der Waals surface area contributed by atoms with E-state index in [1.807, 2.05) is 36.4 Å². The summed E-state index contributed by atoms with van der Waals surface area (Å²) in [4.78, 5) is 0. The fraction of sp³-hybridized carbons (Fsp3) is 0.143. The first-order valence-corrected chi connectivity index (χ1v) is 5.29. The lowest BCUT2D eigenvalue weighted by atomic mass is 10.0. The summed E-state index contributed by atoms with van der Waals surface area (Å²) in [5.41, 5.74) is 3.32. The highest BCUT2D eigenvalue weighted by Gasteiger charge is 1.98. The van der Waals surface area contributed by atoms with Crippen LogP contribution >= 0.6 is 0 Å². The van der Waals surface area contributed by atoms with Crippen LogP contribution in [0.3, 0.4) is 0 Å². The highest BCUT2D eigenvalue weighted by atomic mass is 16.3. The van der Waals surface area contributed by atoms with Crippen molar-refractivity contribution >= 4 is 0 Å². The van der Waals surface area contributed by atoms with Gasteiger partial charge in [0.2, 0.25) is 0 Å². The number of hydrogen-bond acceptors (Lipinski definition) is 2. The zero-order chi connectivity index (χ0) is 11.4. The van der Waals surface area contributed by atoms with E-state index in [2.05, 4.69) is 0 Å². The summed E-state index contributed by atoms with van der Waals surface area (Å²) in [7, 11) is 0. The molecule has 2 aromatic rings. The van der Waals surface area contributed by atoms with E-state index in [0.717, 1.165) is 16.7 Å². The molecule has 0 fully saturated rings. The maximum absolute atomic E-state index is 9.19. The van der Waals surface area contributed by atoms with Gasteiger partial charge in [0.1, 0.15) is 5.75 Å². The predicted molar refractivity (Wildman–Crippen MR) is 64.3 cm³/mol. The van der Waals surface area contributed by atoms with Crippen LogP contribution in [0.5, 0.6) is 5.75 Å². The minimum Gasteiger partial charge on any atom is -0.508 e. The Labute approximate surface area is 94.8 Å². The van der Waals surface area contributed by atoms with Gasteiger partial charge in [-0.25, -0.2) is 0 Å². The van der Waals surface area contributed by atoms with Gasteiger partial charge in [-0.05, 0) is 35.2 Å². The minimum absolute atomic E-state index is 0.179. The SMILES string of the molecule is OCCc1ccc(-c2ccc(O)cc2)cc1. The third-order valence-corrected chi connectivity index (χ3v) is 2.56. The van der Waals surface area contributed by atoms with Gasteiger partial charge < -0.3 is 10.2 Å². The fourth-order valence-corrected chi connectivity index (χ4v) is 1.65. The van der Waals surface area contributed by atoms with Crippen LogP contribution in [0, 0.1) is 0 Å². The molecule has 0 aliphatic heterocycles. The number of aromatic hydroxyl groups is 1. The summed E-state index contributed by atoms with van der Waals surface area (Å²) in [5, 5.41) is 18.0. The third-order valence-electron chi connectivity index (χ3n) is 2.56. The van der Waals surface area contributed by atoms with Gasteiger partial charge in [-0.3, -0.25) is 0 Å². The van der Waals surface area contributed by atoms with E-state index in [0.29, 0.717) is 6.42 Å². The van der Waals surface area contributed by atoms with Crippen LogP contribution in [0.15, 0.2) is 48.5 Å². The summed E-state index contributed by atoms with van der Waals surface area (Å²) in [6.45, 7) is 0.179. The van der Waals surface area contributed by atoms with Gasteiger partial charge >= 0.3 is 0 Å². The predicted octanol–water partition coefficient (Wildman–Crippen LogP) is 2.59. The lowest BCUT2D eigenvalue weighted by Gasteiger charge is -2.03. The molecule has 0 aliphatic carbocycles. The fourth-order valence-electron chi connectivity index (χ4n) is 1.65. The van der Waals surface area contributed by atoms with Crippen LogP contribution in [0.25, 0.3) is 11.1 Å². The largest absolute Gasteiger partial charge is 0.508 e. The monoisotopic (exact) mass is 214 g/mol. The molecule has 0 spiro atoms. The molecule has 0 saturated carbocycles. The van der Waals surface area contributed by atoms with Gasteiger partial charge in [0.25, 0.3) is 0 Å². The number of rotatable bonds is 3. The van der Waals surface area contributed by atoms with E-state index < -0.39 is 0 Å². The molecule has 0 saturated heterocycles. The molecule has 0 aliphatic rings. The van der Waals surface area contributed by atoms with Crippen LogP contribution in [0.4, 0.5) is 0 Å². The highest BCUT2D eigenvalue weighted by Crippen LogP contribution is 2.22. The zero-order valence-electron chi connectivity index (χ0n) is 8.93. The Kier molecular flexibility index (Phi) is 3.22. The van der Waals surface area contributed by atoms with Crippen LogP contribution in [-0.2, 0) is 6.42 Å². The van der Waals surface area contributed by atoms with Crippen molar-refractivity contribution in [3.63, 3.8) is 0 Å². The number of phenols is 1. The van der Waals surface area contributed by atoms with Crippen LogP contribution in [0.1, 0.15) is 5.56 Å². The molecule has 0 aromatic heterocycles. The summed E-state index contributed by atoms with van der Waals surface area (Å²) in [5.74, 6) is 0.278. The smallest absolute Gasteiger partial charge is 0.115 e. The molecule has 2 N–H and O–H groups in total. The topological polar surface area (TPSA) is 40.5 Å². The first-order chi connectivity index (χ1) is 7.79. The van der Waals surface area contributed by atoms with Crippen molar-refractivity contribution in [2.75, 3.05) is 6.61 Å². The average molecular weight is 214 g/mol. The maximum Gasteiger partial charge on any atom is 0.115 e. The van der Waals surface area contributed by atoms with E-state index >= 15 is 0 Å². The molecule has 2 nitrogen and oxygen atoms in total. The molecule has 16 heavy (non-hydrogen) atoms. The zero-order valence-corrected chi connectivity index (χ0v) is 8.93. The third kappa shape index (κ3) is 2.41. The number of aliphatic hydroxyl groups is 1. The summed E-state index contributed by atoms with van der Waals surface area (Å²) >= 11 is 0. The molecule has 0 bridgehead atoms. The number of benzene rings is 2. The van der Waals surface area contributed by atoms with Gasteiger partial charge in [0.15, 0.2) is 0 Å².